The van der Waals surface area contributed by atoms with Crippen LogP contribution < -0.4 is 10.6 Å². The van der Waals surface area contributed by atoms with Crippen LogP contribution in [0.5, 0.6) is 0 Å². The van der Waals surface area contributed by atoms with Crippen molar-refractivity contribution < 1.29 is 14.3 Å². The predicted octanol–water partition coefficient (Wildman–Crippen LogP) is 7.08. The van der Waals surface area contributed by atoms with Gasteiger partial charge in [0, 0.05) is 24.2 Å². The zero-order chi connectivity index (χ0) is 26.3. The maximum absolute atomic E-state index is 12.6. The fourth-order valence-electron chi connectivity index (χ4n) is 4.26. The Balaban J connectivity index is 2.09. The first-order chi connectivity index (χ1) is 17.5. The molecule has 1 aromatic rings. The average molecular weight is 504 g/mol. The van der Waals surface area contributed by atoms with Crippen LogP contribution in [0.1, 0.15) is 119 Å². The van der Waals surface area contributed by atoms with E-state index in [1.54, 1.807) is 6.07 Å². The summed E-state index contributed by atoms with van der Waals surface area (Å²) in [6.07, 6.45) is 18.9. The van der Waals surface area contributed by atoms with E-state index in [9.17, 15) is 9.59 Å². The van der Waals surface area contributed by atoms with Crippen molar-refractivity contribution in [1.82, 2.24) is 15.5 Å². The van der Waals surface area contributed by atoms with Gasteiger partial charge in [0.1, 0.15) is 6.61 Å². The number of hydrogen-bond donors (Lipinski definition) is 2. The molecule has 36 heavy (non-hydrogen) atoms. The minimum absolute atomic E-state index is 0.0853. The van der Waals surface area contributed by atoms with Gasteiger partial charge in [0.2, 0.25) is 0 Å². The van der Waals surface area contributed by atoms with Crippen LogP contribution in [0.25, 0.3) is 0 Å². The molecule has 0 fully saturated rings. The summed E-state index contributed by atoms with van der Waals surface area (Å²) in [6, 6.07) is 7.32. The van der Waals surface area contributed by atoms with Crippen molar-refractivity contribution in [2.24, 2.45) is 0 Å². The summed E-state index contributed by atoms with van der Waals surface area (Å²) in [5.74, 6) is -0.102. The third-order valence-electron chi connectivity index (χ3n) is 6.49. The number of nitrogens with one attached hydrogen (secondary N) is 2. The number of rotatable bonds is 22. The summed E-state index contributed by atoms with van der Waals surface area (Å²) in [5.41, 5.74) is 1.29. The Hall–Kier alpha value is -2.08. The maximum atomic E-state index is 12.6. The van der Waals surface area contributed by atoms with E-state index in [-0.39, 0.29) is 12.5 Å². The molecular formula is C30H53N3O3. The summed E-state index contributed by atoms with van der Waals surface area (Å²) in [6.45, 7) is 4.51. The maximum Gasteiger partial charge on any atom is 0.407 e. The number of unbranched alkanes of at least 4 members (excludes halogenated alkanes) is 13. The number of ether oxygens (including phenoxy) is 1. The molecule has 206 valence electrons. The van der Waals surface area contributed by atoms with Crippen LogP contribution in [0.4, 0.5) is 4.79 Å². The van der Waals surface area contributed by atoms with Crippen LogP contribution in [-0.4, -0.2) is 50.6 Å². The number of carbonyl (C=O) groups excluding carboxylic acids is 2. The van der Waals surface area contributed by atoms with Gasteiger partial charge in [-0.25, -0.2) is 4.79 Å². The molecule has 0 aromatic heterocycles. The van der Waals surface area contributed by atoms with Gasteiger partial charge in [-0.15, -0.1) is 0 Å². The molecule has 1 rings (SSSR count). The Bertz CT molecular complexity index is 694. The largest absolute Gasteiger partial charge is 0.445 e. The molecule has 0 bridgehead atoms. The normalized spacial score (nSPS) is 11.0. The molecule has 0 saturated heterocycles. The molecule has 0 saturated carbocycles. The molecule has 0 unspecified atom stereocenters. The lowest BCUT2D eigenvalue weighted by Gasteiger charge is -2.12. The van der Waals surface area contributed by atoms with E-state index in [1.807, 2.05) is 32.3 Å². The van der Waals surface area contributed by atoms with Gasteiger partial charge >= 0.3 is 6.09 Å². The highest BCUT2D eigenvalue weighted by Gasteiger charge is 2.12. The average Bonchev–Trinajstić information content (AvgIpc) is 2.87. The zero-order valence-corrected chi connectivity index (χ0v) is 23.4. The van der Waals surface area contributed by atoms with Crippen molar-refractivity contribution in [1.29, 1.82) is 0 Å². The molecule has 0 spiro atoms. The molecule has 0 aliphatic carbocycles. The lowest BCUT2D eigenvalue weighted by atomic mass is 10.0. The number of nitrogens with zero attached hydrogens (tertiary/aromatic N) is 1. The topological polar surface area (TPSA) is 70.7 Å². The summed E-state index contributed by atoms with van der Waals surface area (Å²) < 4.78 is 5.31. The second-order valence-corrected chi connectivity index (χ2v) is 10.2. The highest BCUT2D eigenvalue weighted by molar-refractivity contribution is 5.95. The first-order valence-corrected chi connectivity index (χ1v) is 14.5. The van der Waals surface area contributed by atoms with Gasteiger partial charge in [0.05, 0.1) is 0 Å². The fourth-order valence-corrected chi connectivity index (χ4v) is 4.26. The van der Waals surface area contributed by atoms with Gasteiger partial charge in [-0.3, -0.25) is 4.79 Å². The molecule has 0 radical (unpaired) electrons. The number of alkyl carbamates (subject to hydrolysis) is 1. The fraction of sp³-hybridized carbons (Fsp3) is 0.733. The third kappa shape index (κ3) is 17.4. The van der Waals surface area contributed by atoms with Crippen molar-refractivity contribution in [3.8, 4) is 0 Å². The van der Waals surface area contributed by atoms with Crippen molar-refractivity contribution in [3.05, 3.63) is 35.4 Å². The van der Waals surface area contributed by atoms with Crippen LogP contribution in [0, 0.1) is 0 Å². The van der Waals surface area contributed by atoms with Crippen LogP contribution in [0.2, 0.25) is 0 Å². The minimum Gasteiger partial charge on any atom is -0.445 e. The van der Waals surface area contributed by atoms with Gasteiger partial charge in [0.15, 0.2) is 0 Å². The quantitative estimate of drug-likeness (QED) is 0.166. The first kappa shape index (κ1) is 31.9. The molecule has 6 nitrogen and oxygen atoms in total. The van der Waals surface area contributed by atoms with E-state index in [1.165, 1.54) is 77.0 Å². The summed E-state index contributed by atoms with van der Waals surface area (Å²) in [5, 5.41) is 5.78. The first-order valence-electron chi connectivity index (χ1n) is 14.5. The predicted molar refractivity (Wildman–Crippen MR) is 150 cm³/mol. The Morgan fingerprint density at radius 1 is 0.722 bits per heavy atom. The molecule has 6 heteroatoms. The van der Waals surface area contributed by atoms with Crippen LogP contribution >= 0.6 is 0 Å². The third-order valence-corrected chi connectivity index (χ3v) is 6.49. The van der Waals surface area contributed by atoms with Gasteiger partial charge in [0.25, 0.3) is 5.91 Å². The molecule has 0 heterocycles. The highest BCUT2D eigenvalue weighted by atomic mass is 16.5. The number of carbonyl (C=O) groups is 2. The van der Waals surface area contributed by atoms with Crippen molar-refractivity contribution >= 4 is 12.0 Å². The van der Waals surface area contributed by atoms with Gasteiger partial charge in [-0.1, -0.05) is 109 Å². The van der Waals surface area contributed by atoms with E-state index in [0.29, 0.717) is 18.7 Å². The summed E-state index contributed by atoms with van der Waals surface area (Å²) in [4.78, 5) is 26.6. The van der Waals surface area contributed by atoms with Crippen LogP contribution in [-0.2, 0) is 11.3 Å². The summed E-state index contributed by atoms with van der Waals surface area (Å²) >= 11 is 0. The van der Waals surface area contributed by atoms with E-state index in [0.717, 1.165) is 31.4 Å². The second-order valence-electron chi connectivity index (χ2n) is 10.2. The van der Waals surface area contributed by atoms with Gasteiger partial charge in [-0.2, -0.15) is 0 Å². The highest BCUT2D eigenvalue weighted by Crippen LogP contribution is 2.13. The number of hydrogen-bond acceptors (Lipinski definition) is 4. The number of benzene rings is 1. The Morgan fingerprint density at radius 2 is 1.25 bits per heavy atom. The van der Waals surface area contributed by atoms with Gasteiger partial charge < -0.3 is 20.3 Å². The molecule has 0 aliphatic rings. The second kappa shape index (κ2) is 22.1. The smallest absolute Gasteiger partial charge is 0.407 e. The Morgan fingerprint density at radius 3 is 1.83 bits per heavy atom. The summed E-state index contributed by atoms with van der Waals surface area (Å²) in [7, 11) is 4.00. The van der Waals surface area contributed by atoms with E-state index in [2.05, 4.69) is 22.5 Å². The molecular weight excluding hydrogens is 450 g/mol. The van der Waals surface area contributed by atoms with E-state index < -0.39 is 6.09 Å². The molecule has 0 aliphatic heterocycles. The zero-order valence-electron chi connectivity index (χ0n) is 23.4. The van der Waals surface area contributed by atoms with Crippen LogP contribution in [0.3, 0.4) is 0 Å². The molecule has 1 aromatic carbocycles. The van der Waals surface area contributed by atoms with Crippen molar-refractivity contribution in [2.45, 2.75) is 110 Å². The number of amides is 2. The van der Waals surface area contributed by atoms with E-state index in [4.69, 9.17) is 4.74 Å². The molecule has 2 N–H and O–H groups in total. The lowest BCUT2D eigenvalue weighted by Crippen LogP contribution is -2.28. The molecule has 0 atom stereocenters. The van der Waals surface area contributed by atoms with Crippen molar-refractivity contribution in [3.63, 3.8) is 0 Å². The molecule has 2 amide bonds. The van der Waals surface area contributed by atoms with E-state index >= 15 is 0 Å². The monoisotopic (exact) mass is 503 g/mol. The van der Waals surface area contributed by atoms with Crippen LogP contribution in [0.15, 0.2) is 24.3 Å². The SMILES string of the molecule is CCCCCCCCCCCCCCCCNC(=O)c1ccccc1COC(=O)NCCCN(C)C. The Kier molecular flexibility index (Phi) is 19.7. The minimum atomic E-state index is -0.452. The van der Waals surface area contributed by atoms with Crippen molar-refractivity contribution in [2.75, 3.05) is 33.7 Å². The van der Waals surface area contributed by atoms with Gasteiger partial charge in [-0.05, 0) is 39.5 Å². The lowest BCUT2D eigenvalue weighted by molar-refractivity contribution is 0.0946. The standard InChI is InChI=1S/C30H53N3O3/c1-4-5-6-7-8-9-10-11-12-13-14-15-16-19-23-31-29(34)28-22-18-17-21-27(28)26-36-30(35)32-24-20-25-33(2)3/h17-18,21-22H,4-16,19-20,23-26H2,1-3H3,(H,31,34)(H,32,35). The Labute approximate surface area is 220 Å².